The van der Waals surface area contributed by atoms with E-state index >= 15 is 0 Å². The number of rotatable bonds is 6. The maximum absolute atomic E-state index is 13.9. The van der Waals surface area contributed by atoms with Gasteiger partial charge in [0.1, 0.15) is 11.6 Å². The van der Waals surface area contributed by atoms with Gasteiger partial charge in [0.15, 0.2) is 0 Å². The van der Waals surface area contributed by atoms with Crippen LogP contribution in [0.5, 0.6) is 0 Å². The molecule has 2 fully saturated rings. The summed E-state index contributed by atoms with van der Waals surface area (Å²) in [5, 5.41) is 0. The molecule has 3 rings (SSSR count). The Hall–Kier alpha value is -1.00. The van der Waals surface area contributed by atoms with E-state index in [1.165, 1.54) is 31.0 Å². The van der Waals surface area contributed by atoms with Crippen LogP contribution in [-0.4, -0.2) is 30.2 Å². The number of unbranched alkanes of at least 4 members (excludes halogenated alkanes) is 1. The summed E-state index contributed by atoms with van der Waals surface area (Å²) in [7, 11) is 0. The summed E-state index contributed by atoms with van der Waals surface area (Å²) >= 11 is 0. The summed E-state index contributed by atoms with van der Waals surface area (Å²) < 4.78 is 34.0. The molecular formula is C18H25F2NO. The van der Waals surface area contributed by atoms with Gasteiger partial charge in [-0.1, -0.05) is 25.8 Å². The molecule has 4 heteroatoms. The number of morpholine rings is 1. The van der Waals surface area contributed by atoms with E-state index in [1.54, 1.807) is 0 Å². The van der Waals surface area contributed by atoms with Crippen LogP contribution in [0.25, 0.3) is 0 Å². The molecule has 0 amide bonds. The van der Waals surface area contributed by atoms with Gasteiger partial charge < -0.3 is 4.74 Å². The first-order valence-corrected chi connectivity index (χ1v) is 8.48. The zero-order valence-electron chi connectivity index (χ0n) is 13.2. The molecule has 0 unspecified atom stereocenters. The van der Waals surface area contributed by atoms with E-state index in [-0.39, 0.29) is 17.8 Å². The molecule has 1 aliphatic heterocycles. The molecule has 0 N–H and O–H groups in total. The van der Waals surface area contributed by atoms with Crippen LogP contribution in [0.1, 0.15) is 44.6 Å². The van der Waals surface area contributed by atoms with Gasteiger partial charge in [0.05, 0.1) is 12.2 Å². The fourth-order valence-electron chi connectivity index (χ4n) is 3.31. The third-order valence-electron chi connectivity index (χ3n) is 4.74. The highest BCUT2D eigenvalue weighted by atomic mass is 19.1. The number of hydrogen-bond donors (Lipinski definition) is 0. The summed E-state index contributed by atoms with van der Waals surface area (Å²) in [4.78, 5) is 2.17. The van der Waals surface area contributed by atoms with Crippen LogP contribution >= 0.6 is 0 Å². The minimum atomic E-state index is -0.445. The van der Waals surface area contributed by atoms with Gasteiger partial charge in [-0.25, -0.2) is 8.78 Å². The first kappa shape index (κ1) is 15.9. The average molecular weight is 309 g/mol. The zero-order valence-corrected chi connectivity index (χ0v) is 13.2. The van der Waals surface area contributed by atoms with Crippen LogP contribution in [0.3, 0.4) is 0 Å². The van der Waals surface area contributed by atoms with Crippen LogP contribution in [-0.2, 0) is 11.3 Å². The summed E-state index contributed by atoms with van der Waals surface area (Å²) in [5.74, 6) is -0.239. The predicted octanol–water partition coefficient (Wildman–Crippen LogP) is 4.13. The molecule has 1 aromatic carbocycles. The molecule has 0 aromatic heterocycles. The summed E-state index contributed by atoms with van der Waals surface area (Å²) in [6.45, 7) is 4.08. The predicted molar refractivity (Wildman–Crippen MR) is 82.5 cm³/mol. The monoisotopic (exact) mass is 309 g/mol. The highest BCUT2D eigenvalue weighted by Gasteiger charge is 2.38. The van der Waals surface area contributed by atoms with Crippen molar-refractivity contribution in [3.05, 3.63) is 35.4 Å². The van der Waals surface area contributed by atoms with Gasteiger partial charge in [0, 0.05) is 25.2 Å². The van der Waals surface area contributed by atoms with E-state index in [4.69, 9.17) is 4.74 Å². The van der Waals surface area contributed by atoms with Gasteiger partial charge in [-0.15, -0.1) is 0 Å². The number of benzene rings is 1. The van der Waals surface area contributed by atoms with E-state index in [9.17, 15) is 8.78 Å². The van der Waals surface area contributed by atoms with Crippen LogP contribution in [0.15, 0.2) is 18.2 Å². The second-order valence-electron chi connectivity index (χ2n) is 6.67. The topological polar surface area (TPSA) is 12.5 Å². The molecule has 2 aliphatic rings. The van der Waals surface area contributed by atoms with Crippen LogP contribution < -0.4 is 0 Å². The molecular weight excluding hydrogens is 284 g/mol. The number of ether oxygens (including phenoxy) is 1. The summed E-state index contributed by atoms with van der Waals surface area (Å²) in [5.41, 5.74) is 0.188. The van der Waals surface area contributed by atoms with Crippen molar-refractivity contribution in [2.45, 2.75) is 57.8 Å². The Morgan fingerprint density at radius 1 is 1.18 bits per heavy atom. The summed E-state index contributed by atoms with van der Waals surface area (Å²) in [6.07, 6.45) is 6.23. The van der Waals surface area contributed by atoms with Gasteiger partial charge in [0.2, 0.25) is 0 Å². The van der Waals surface area contributed by atoms with E-state index < -0.39 is 11.6 Å². The number of halogens is 2. The molecule has 2 atom stereocenters. The van der Waals surface area contributed by atoms with Crippen LogP contribution in [0.2, 0.25) is 0 Å². The standard InChI is InChI=1S/C18H25F2NO/c1-2-3-5-14-10-21(12-18(22-14)13-8-9-13)11-15-16(19)6-4-7-17(15)20/h4,6-7,13-14,18H,2-3,5,8-12H2,1H3/t14-,18-/m1/s1. The lowest BCUT2D eigenvalue weighted by Crippen LogP contribution is -2.48. The fraction of sp³-hybridized carbons (Fsp3) is 0.667. The van der Waals surface area contributed by atoms with E-state index in [0.717, 1.165) is 32.4 Å². The smallest absolute Gasteiger partial charge is 0.130 e. The van der Waals surface area contributed by atoms with E-state index in [2.05, 4.69) is 11.8 Å². The second kappa shape index (κ2) is 7.05. The van der Waals surface area contributed by atoms with E-state index in [0.29, 0.717) is 12.5 Å². The molecule has 1 aliphatic carbocycles. The van der Waals surface area contributed by atoms with Crippen molar-refractivity contribution < 1.29 is 13.5 Å². The van der Waals surface area contributed by atoms with Gasteiger partial charge in [-0.05, 0) is 37.3 Å². The highest BCUT2D eigenvalue weighted by Crippen LogP contribution is 2.37. The van der Waals surface area contributed by atoms with Crippen LogP contribution in [0.4, 0.5) is 8.78 Å². The third kappa shape index (κ3) is 3.85. The Labute approximate surface area is 131 Å². The molecule has 1 aromatic rings. The van der Waals surface area contributed by atoms with Crippen molar-refractivity contribution in [2.24, 2.45) is 5.92 Å². The molecule has 1 heterocycles. The van der Waals surface area contributed by atoms with Crippen molar-refractivity contribution in [3.63, 3.8) is 0 Å². The molecule has 1 saturated carbocycles. The van der Waals surface area contributed by atoms with Crippen molar-refractivity contribution in [2.75, 3.05) is 13.1 Å². The fourth-order valence-corrected chi connectivity index (χ4v) is 3.31. The molecule has 0 spiro atoms. The van der Waals surface area contributed by atoms with Gasteiger partial charge in [0.25, 0.3) is 0 Å². The molecule has 122 valence electrons. The van der Waals surface area contributed by atoms with Crippen molar-refractivity contribution >= 4 is 0 Å². The third-order valence-corrected chi connectivity index (χ3v) is 4.74. The first-order valence-electron chi connectivity index (χ1n) is 8.48. The molecule has 0 radical (unpaired) electrons. The minimum absolute atomic E-state index is 0.188. The lowest BCUT2D eigenvalue weighted by molar-refractivity contribution is -0.0997. The Bertz CT molecular complexity index is 484. The Morgan fingerprint density at radius 2 is 1.91 bits per heavy atom. The Balaban J connectivity index is 1.68. The van der Waals surface area contributed by atoms with Crippen molar-refractivity contribution in [1.29, 1.82) is 0 Å². The largest absolute Gasteiger partial charge is 0.372 e. The maximum Gasteiger partial charge on any atom is 0.130 e. The number of hydrogen-bond acceptors (Lipinski definition) is 2. The molecule has 2 nitrogen and oxygen atoms in total. The Morgan fingerprint density at radius 3 is 2.55 bits per heavy atom. The van der Waals surface area contributed by atoms with Crippen molar-refractivity contribution in [1.82, 2.24) is 4.90 Å². The van der Waals surface area contributed by atoms with Crippen molar-refractivity contribution in [3.8, 4) is 0 Å². The highest BCUT2D eigenvalue weighted by molar-refractivity contribution is 5.19. The van der Waals surface area contributed by atoms with Gasteiger partial charge in [-0.3, -0.25) is 4.90 Å². The maximum atomic E-state index is 13.9. The van der Waals surface area contributed by atoms with Gasteiger partial charge in [-0.2, -0.15) is 0 Å². The normalized spacial score (nSPS) is 26.3. The van der Waals surface area contributed by atoms with Gasteiger partial charge >= 0.3 is 0 Å². The molecule has 0 bridgehead atoms. The first-order chi connectivity index (χ1) is 10.7. The summed E-state index contributed by atoms with van der Waals surface area (Å²) in [6, 6.07) is 4.10. The molecule has 22 heavy (non-hydrogen) atoms. The SMILES string of the molecule is CCCC[C@@H]1CN(Cc2c(F)cccc2F)C[C@H](C2CC2)O1. The lowest BCUT2D eigenvalue weighted by atomic mass is 10.1. The zero-order chi connectivity index (χ0) is 15.5. The molecule has 1 saturated heterocycles. The van der Waals surface area contributed by atoms with Crippen LogP contribution in [0, 0.1) is 17.6 Å². The number of nitrogens with zero attached hydrogens (tertiary/aromatic N) is 1. The average Bonchev–Trinajstić information content (AvgIpc) is 3.34. The van der Waals surface area contributed by atoms with E-state index in [1.807, 2.05) is 0 Å². The Kier molecular flexibility index (Phi) is 5.09. The minimum Gasteiger partial charge on any atom is -0.372 e. The second-order valence-corrected chi connectivity index (χ2v) is 6.67. The lowest BCUT2D eigenvalue weighted by Gasteiger charge is -2.38. The quantitative estimate of drug-likeness (QED) is 0.783.